The number of nitrogens with zero attached hydrogens (tertiary/aromatic N) is 1. The van der Waals surface area contributed by atoms with E-state index in [2.05, 4.69) is 75.9 Å². The molecule has 0 aliphatic heterocycles. The van der Waals surface area contributed by atoms with Crippen molar-refractivity contribution < 1.29 is 4.42 Å². The molecule has 1 fully saturated rings. The van der Waals surface area contributed by atoms with E-state index >= 15 is 0 Å². The highest BCUT2D eigenvalue weighted by Gasteiger charge is 2.48. The molecule has 0 saturated heterocycles. The molecule has 3 aliphatic rings. The Morgan fingerprint density at radius 1 is 0.824 bits per heavy atom. The lowest BCUT2D eigenvalue weighted by molar-refractivity contribution is 0.188. The summed E-state index contributed by atoms with van der Waals surface area (Å²) >= 11 is 0. The van der Waals surface area contributed by atoms with Crippen LogP contribution in [0.3, 0.4) is 0 Å². The van der Waals surface area contributed by atoms with E-state index in [9.17, 15) is 0 Å². The standard InChI is InChI=1S/C31H34N2O/c1-19-13-20(2)29(21(3)14-19)33(23-8-6-7-22(32)15-23)27-18-34-28-17-26-25(16-24(27)28)30(4)9-11-31(26,5)12-10-30/h6-8,13-18H,9-12,32H2,1-5H3. The van der Waals surface area contributed by atoms with Gasteiger partial charge in [0.25, 0.3) is 0 Å². The van der Waals surface area contributed by atoms with Crippen molar-refractivity contribution in [3.8, 4) is 0 Å². The van der Waals surface area contributed by atoms with Crippen LogP contribution in [0.2, 0.25) is 0 Å². The number of nitrogens with two attached hydrogens (primary N) is 1. The number of rotatable bonds is 3. The minimum Gasteiger partial charge on any atom is -0.462 e. The first-order valence-electron chi connectivity index (χ1n) is 12.5. The molecule has 0 amide bonds. The van der Waals surface area contributed by atoms with Gasteiger partial charge in [-0.15, -0.1) is 0 Å². The van der Waals surface area contributed by atoms with Crippen molar-refractivity contribution in [1.29, 1.82) is 0 Å². The largest absolute Gasteiger partial charge is 0.462 e. The average molecular weight is 451 g/mol. The molecule has 1 saturated carbocycles. The molecule has 4 aromatic rings. The van der Waals surface area contributed by atoms with Gasteiger partial charge in [0.05, 0.1) is 11.4 Å². The van der Waals surface area contributed by atoms with E-state index in [1.165, 1.54) is 64.6 Å². The van der Waals surface area contributed by atoms with Gasteiger partial charge in [-0.05, 0) is 110 Å². The van der Waals surface area contributed by atoms with Crippen molar-refractivity contribution in [2.45, 2.75) is 71.1 Å². The first-order valence-corrected chi connectivity index (χ1v) is 12.5. The zero-order valence-electron chi connectivity index (χ0n) is 21.0. The Morgan fingerprint density at radius 3 is 2.06 bits per heavy atom. The Labute approximate surface area is 202 Å². The van der Waals surface area contributed by atoms with Crippen LogP contribution in [0.4, 0.5) is 22.7 Å². The molecule has 1 aromatic heterocycles. The zero-order valence-corrected chi connectivity index (χ0v) is 21.0. The highest BCUT2D eigenvalue weighted by atomic mass is 16.3. The lowest BCUT2D eigenvalue weighted by atomic mass is 9.52. The number of aryl methyl sites for hydroxylation is 3. The maximum atomic E-state index is 6.29. The second-order valence-corrected chi connectivity index (χ2v) is 11.3. The molecule has 3 heteroatoms. The van der Waals surface area contributed by atoms with E-state index in [1.807, 2.05) is 18.4 Å². The number of nitrogen functional groups attached to an aromatic ring is 1. The molecule has 0 unspecified atom stereocenters. The number of hydrogen-bond donors (Lipinski definition) is 1. The molecule has 34 heavy (non-hydrogen) atoms. The summed E-state index contributed by atoms with van der Waals surface area (Å²) in [7, 11) is 0. The van der Waals surface area contributed by atoms with Gasteiger partial charge in [-0.3, -0.25) is 0 Å². The molecule has 174 valence electrons. The normalized spacial score (nSPS) is 23.3. The van der Waals surface area contributed by atoms with Crippen LogP contribution in [0.25, 0.3) is 11.0 Å². The lowest BCUT2D eigenvalue weighted by Crippen LogP contribution is -2.44. The van der Waals surface area contributed by atoms with Crippen LogP contribution in [0.15, 0.2) is 59.2 Å². The summed E-state index contributed by atoms with van der Waals surface area (Å²) < 4.78 is 6.29. The Morgan fingerprint density at radius 2 is 1.44 bits per heavy atom. The van der Waals surface area contributed by atoms with Crippen molar-refractivity contribution in [1.82, 2.24) is 0 Å². The molecular weight excluding hydrogens is 416 g/mol. The van der Waals surface area contributed by atoms with Gasteiger partial charge in [-0.2, -0.15) is 0 Å². The minimum atomic E-state index is 0.257. The summed E-state index contributed by atoms with van der Waals surface area (Å²) in [6.07, 6.45) is 7.01. The van der Waals surface area contributed by atoms with Gasteiger partial charge < -0.3 is 15.1 Å². The Bertz CT molecular complexity index is 1410. The van der Waals surface area contributed by atoms with Crippen LogP contribution in [0.5, 0.6) is 0 Å². The molecule has 2 N–H and O–H groups in total. The lowest BCUT2D eigenvalue weighted by Gasteiger charge is -2.52. The summed E-state index contributed by atoms with van der Waals surface area (Å²) in [5, 5.41) is 1.18. The van der Waals surface area contributed by atoms with Crippen LogP contribution < -0.4 is 10.6 Å². The highest BCUT2D eigenvalue weighted by molar-refractivity contribution is 5.98. The molecule has 3 aromatic carbocycles. The first kappa shape index (κ1) is 21.3. The number of benzene rings is 3. The molecule has 2 bridgehead atoms. The van der Waals surface area contributed by atoms with E-state index in [1.54, 1.807) is 0 Å². The van der Waals surface area contributed by atoms with E-state index in [-0.39, 0.29) is 10.8 Å². The van der Waals surface area contributed by atoms with Gasteiger partial charge >= 0.3 is 0 Å². The second kappa shape index (κ2) is 7.15. The zero-order chi connectivity index (χ0) is 23.8. The minimum absolute atomic E-state index is 0.257. The number of anilines is 4. The molecule has 3 aliphatic carbocycles. The van der Waals surface area contributed by atoms with Crippen molar-refractivity contribution in [3.05, 3.63) is 82.6 Å². The quantitative estimate of drug-likeness (QED) is 0.318. The maximum absolute atomic E-state index is 6.29. The van der Waals surface area contributed by atoms with E-state index < -0.39 is 0 Å². The van der Waals surface area contributed by atoms with Crippen LogP contribution in [-0.2, 0) is 10.8 Å². The van der Waals surface area contributed by atoms with Gasteiger partial charge in [-0.1, -0.05) is 37.6 Å². The molecule has 0 spiro atoms. The Balaban J connectivity index is 1.63. The fourth-order valence-corrected chi connectivity index (χ4v) is 6.70. The Kier molecular flexibility index (Phi) is 4.49. The molecule has 0 radical (unpaired) electrons. The summed E-state index contributed by atoms with van der Waals surface area (Å²) in [6.45, 7) is 11.4. The highest BCUT2D eigenvalue weighted by Crippen LogP contribution is 2.57. The van der Waals surface area contributed by atoms with Crippen LogP contribution in [0, 0.1) is 20.8 Å². The third-order valence-electron chi connectivity index (χ3n) is 8.68. The van der Waals surface area contributed by atoms with Crippen molar-refractivity contribution in [2.75, 3.05) is 10.6 Å². The van der Waals surface area contributed by atoms with Gasteiger partial charge in [0.15, 0.2) is 0 Å². The molecule has 7 rings (SSSR count). The third kappa shape index (κ3) is 3.02. The fraction of sp³-hybridized carbons (Fsp3) is 0.355. The smallest absolute Gasteiger partial charge is 0.136 e. The predicted octanol–water partition coefficient (Wildman–Crippen LogP) is 8.51. The summed E-state index contributed by atoms with van der Waals surface area (Å²) in [5.41, 5.74) is 18.6. The van der Waals surface area contributed by atoms with E-state index in [0.29, 0.717) is 0 Å². The second-order valence-electron chi connectivity index (χ2n) is 11.3. The topological polar surface area (TPSA) is 42.4 Å². The van der Waals surface area contributed by atoms with Crippen LogP contribution >= 0.6 is 0 Å². The fourth-order valence-electron chi connectivity index (χ4n) is 6.70. The van der Waals surface area contributed by atoms with Gasteiger partial charge in [-0.25, -0.2) is 0 Å². The average Bonchev–Trinajstić information content (AvgIpc) is 3.19. The van der Waals surface area contributed by atoms with E-state index in [4.69, 9.17) is 10.2 Å². The van der Waals surface area contributed by atoms with Crippen molar-refractivity contribution in [2.24, 2.45) is 0 Å². The van der Waals surface area contributed by atoms with Gasteiger partial charge in [0, 0.05) is 16.8 Å². The van der Waals surface area contributed by atoms with Gasteiger partial charge in [0.1, 0.15) is 11.8 Å². The molecule has 3 nitrogen and oxygen atoms in total. The molecule has 1 heterocycles. The number of fused-ring (bicyclic) bond motifs is 3. The predicted molar refractivity (Wildman–Crippen MR) is 143 cm³/mol. The summed E-state index contributed by atoms with van der Waals surface area (Å²) in [5.74, 6) is 0. The SMILES string of the molecule is Cc1cc(C)c(N(c2cccc(N)c2)c2coc3cc4c(cc23)C2(C)CCC4(C)CC2)c(C)c1. The van der Waals surface area contributed by atoms with Gasteiger partial charge in [0.2, 0.25) is 0 Å². The molecular formula is C31H34N2O. The van der Waals surface area contributed by atoms with Crippen LogP contribution in [-0.4, -0.2) is 0 Å². The number of furan rings is 1. The third-order valence-corrected chi connectivity index (χ3v) is 8.68. The van der Waals surface area contributed by atoms with Crippen molar-refractivity contribution >= 4 is 33.7 Å². The Hall–Kier alpha value is -3.20. The molecule has 0 atom stereocenters. The monoisotopic (exact) mass is 450 g/mol. The summed E-state index contributed by atoms with van der Waals surface area (Å²) in [4.78, 5) is 2.34. The maximum Gasteiger partial charge on any atom is 0.136 e. The van der Waals surface area contributed by atoms with Crippen LogP contribution in [0.1, 0.15) is 67.3 Å². The summed E-state index contributed by atoms with van der Waals surface area (Å²) in [6, 6.07) is 17.5. The first-order chi connectivity index (χ1) is 16.2. The van der Waals surface area contributed by atoms with E-state index in [0.717, 1.165) is 22.6 Å². The van der Waals surface area contributed by atoms with Crippen molar-refractivity contribution in [3.63, 3.8) is 0 Å². The number of hydrogen-bond acceptors (Lipinski definition) is 3.